The quantitative estimate of drug-likeness (QED) is 0.804. The summed E-state index contributed by atoms with van der Waals surface area (Å²) < 4.78 is 0. The average molecular weight is 370 g/mol. The van der Waals surface area contributed by atoms with Crippen LogP contribution in [0.4, 0.5) is 0 Å². The molecular formula is C21H30N4O2. The van der Waals surface area contributed by atoms with Crippen molar-refractivity contribution < 1.29 is 9.59 Å². The molecule has 0 bridgehead atoms. The van der Waals surface area contributed by atoms with Crippen molar-refractivity contribution in [3.8, 4) is 0 Å². The van der Waals surface area contributed by atoms with Crippen LogP contribution in [0.1, 0.15) is 35.2 Å². The van der Waals surface area contributed by atoms with Gasteiger partial charge in [-0.1, -0.05) is 18.2 Å². The van der Waals surface area contributed by atoms with Crippen LogP contribution in [0.5, 0.6) is 0 Å². The maximum Gasteiger partial charge on any atom is 0.254 e. The Hall–Kier alpha value is -1.92. The molecule has 27 heavy (non-hydrogen) atoms. The van der Waals surface area contributed by atoms with Crippen LogP contribution in [0.2, 0.25) is 0 Å². The highest BCUT2D eigenvalue weighted by Crippen LogP contribution is 2.31. The van der Waals surface area contributed by atoms with Crippen molar-refractivity contribution in [2.24, 2.45) is 0 Å². The second kappa shape index (κ2) is 7.24. The van der Waals surface area contributed by atoms with Crippen LogP contribution in [-0.4, -0.2) is 90.3 Å². The fourth-order valence-electron chi connectivity index (χ4n) is 4.73. The summed E-state index contributed by atoms with van der Waals surface area (Å²) >= 11 is 0. The Bertz CT molecular complexity index is 727. The Morgan fingerprint density at radius 2 is 1.81 bits per heavy atom. The molecular weight excluding hydrogens is 340 g/mol. The first-order chi connectivity index (χ1) is 13.0. The highest BCUT2D eigenvalue weighted by molar-refractivity contribution is 5.98. The summed E-state index contributed by atoms with van der Waals surface area (Å²) in [6, 6.07) is 7.74. The molecule has 2 saturated heterocycles. The summed E-state index contributed by atoms with van der Waals surface area (Å²) in [6.07, 6.45) is 2.65. The maximum atomic E-state index is 12.9. The number of piperidine rings is 1. The molecule has 2 amide bonds. The lowest BCUT2D eigenvalue weighted by atomic mass is 9.84. The van der Waals surface area contributed by atoms with E-state index in [1.54, 1.807) is 0 Å². The number of benzene rings is 1. The molecule has 2 fully saturated rings. The Labute approximate surface area is 161 Å². The highest BCUT2D eigenvalue weighted by atomic mass is 16.2. The van der Waals surface area contributed by atoms with Gasteiger partial charge in [-0.15, -0.1) is 0 Å². The van der Waals surface area contributed by atoms with Crippen LogP contribution in [0.15, 0.2) is 24.3 Å². The summed E-state index contributed by atoms with van der Waals surface area (Å²) in [5.74, 6) is 0.244. The van der Waals surface area contributed by atoms with E-state index in [1.165, 1.54) is 0 Å². The first kappa shape index (κ1) is 18.4. The predicted octanol–water partition coefficient (Wildman–Crippen LogP) is 1.27. The summed E-state index contributed by atoms with van der Waals surface area (Å²) in [4.78, 5) is 34.1. The molecule has 0 aromatic heterocycles. The molecule has 3 aliphatic heterocycles. The number of amides is 2. The molecule has 0 atom stereocenters. The summed E-state index contributed by atoms with van der Waals surface area (Å²) in [6.45, 7) is 5.87. The lowest BCUT2D eigenvalue weighted by molar-refractivity contribution is -0.138. The van der Waals surface area contributed by atoms with Crippen molar-refractivity contribution in [3.05, 3.63) is 35.4 Å². The molecule has 1 spiro atoms. The standard InChI is InChI=1S/C21H30N4O2/c1-22-11-8-21(9-12-22)16-25(14-13-23(21)2)19(26)7-10-24-15-17-5-3-4-6-18(17)20(24)27/h3-6H,7-16H2,1-2H3. The number of hydrogen-bond acceptors (Lipinski definition) is 4. The maximum absolute atomic E-state index is 12.9. The van der Waals surface area contributed by atoms with Crippen LogP contribution in [0.25, 0.3) is 0 Å². The Balaban J connectivity index is 1.34. The highest BCUT2D eigenvalue weighted by Gasteiger charge is 2.42. The smallest absolute Gasteiger partial charge is 0.254 e. The minimum Gasteiger partial charge on any atom is -0.339 e. The van der Waals surface area contributed by atoms with Gasteiger partial charge in [0.1, 0.15) is 0 Å². The molecule has 0 aliphatic carbocycles. The number of hydrogen-bond donors (Lipinski definition) is 0. The van der Waals surface area contributed by atoms with Crippen molar-refractivity contribution in [3.63, 3.8) is 0 Å². The largest absolute Gasteiger partial charge is 0.339 e. The van der Waals surface area contributed by atoms with Crippen LogP contribution < -0.4 is 0 Å². The Kier molecular flexibility index (Phi) is 4.95. The van der Waals surface area contributed by atoms with Crippen molar-refractivity contribution in [2.75, 3.05) is 53.4 Å². The summed E-state index contributed by atoms with van der Waals surface area (Å²) in [5, 5.41) is 0. The van der Waals surface area contributed by atoms with Gasteiger partial charge in [-0.3, -0.25) is 14.5 Å². The fraction of sp³-hybridized carbons (Fsp3) is 0.619. The number of nitrogens with zero attached hydrogens (tertiary/aromatic N) is 4. The van der Waals surface area contributed by atoms with E-state index in [0.717, 1.165) is 56.7 Å². The molecule has 0 saturated carbocycles. The number of likely N-dealkylation sites (tertiary alicyclic amines) is 1. The van der Waals surface area contributed by atoms with Gasteiger partial charge in [-0.25, -0.2) is 0 Å². The number of rotatable bonds is 3. The molecule has 6 heteroatoms. The number of carbonyl (C=O) groups excluding carboxylic acids is 2. The molecule has 3 aliphatic rings. The van der Waals surface area contributed by atoms with Gasteiger partial charge in [-0.2, -0.15) is 0 Å². The zero-order valence-corrected chi connectivity index (χ0v) is 16.5. The van der Waals surface area contributed by atoms with Gasteiger partial charge >= 0.3 is 0 Å². The number of carbonyl (C=O) groups is 2. The third-order valence-electron chi connectivity index (χ3n) is 6.76. The predicted molar refractivity (Wildman–Crippen MR) is 104 cm³/mol. The first-order valence-corrected chi connectivity index (χ1v) is 10.0. The van der Waals surface area contributed by atoms with E-state index in [2.05, 4.69) is 23.9 Å². The van der Waals surface area contributed by atoms with Gasteiger partial charge in [0.25, 0.3) is 5.91 Å². The van der Waals surface area contributed by atoms with Crippen molar-refractivity contribution in [1.29, 1.82) is 0 Å². The second-order valence-electron chi connectivity index (χ2n) is 8.40. The summed E-state index contributed by atoms with van der Waals surface area (Å²) in [5.41, 5.74) is 1.98. The van der Waals surface area contributed by atoms with E-state index >= 15 is 0 Å². The Morgan fingerprint density at radius 1 is 1.07 bits per heavy atom. The SMILES string of the molecule is CN1CCC2(CC1)CN(C(=O)CCN1Cc3ccccc3C1=O)CCN2C. The van der Waals surface area contributed by atoms with Gasteiger partial charge < -0.3 is 14.7 Å². The van der Waals surface area contributed by atoms with E-state index in [0.29, 0.717) is 19.5 Å². The number of fused-ring (bicyclic) bond motifs is 1. The van der Waals surface area contributed by atoms with E-state index in [9.17, 15) is 9.59 Å². The molecule has 4 rings (SSSR count). The third kappa shape index (κ3) is 3.48. The molecule has 3 heterocycles. The van der Waals surface area contributed by atoms with E-state index in [4.69, 9.17) is 0 Å². The van der Waals surface area contributed by atoms with Crippen LogP contribution in [0.3, 0.4) is 0 Å². The minimum atomic E-state index is 0.0589. The summed E-state index contributed by atoms with van der Waals surface area (Å²) in [7, 11) is 4.37. The molecule has 0 radical (unpaired) electrons. The normalized spacial score (nSPS) is 23.1. The van der Waals surface area contributed by atoms with E-state index < -0.39 is 0 Å². The topological polar surface area (TPSA) is 47.1 Å². The number of piperazine rings is 1. The second-order valence-corrected chi connectivity index (χ2v) is 8.40. The molecule has 0 N–H and O–H groups in total. The molecule has 1 aromatic rings. The van der Waals surface area contributed by atoms with Crippen molar-refractivity contribution >= 4 is 11.8 Å². The lowest BCUT2D eigenvalue weighted by Gasteiger charge is -2.52. The third-order valence-corrected chi connectivity index (χ3v) is 6.76. The first-order valence-electron chi connectivity index (χ1n) is 10.0. The molecule has 6 nitrogen and oxygen atoms in total. The van der Waals surface area contributed by atoms with Gasteiger partial charge in [0.15, 0.2) is 0 Å². The van der Waals surface area contributed by atoms with Crippen molar-refractivity contribution in [1.82, 2.24) is 19.6 Å². The molecule has 146 valence electrons. The number of likely N-dealkylation sites (N-methyl/N-ethyl adjacent to an activating group) is 1. The molecule has 1 aromatic carbocycles. The van der Waals surface area contributed by atoms with Crippen molar-refractivity contribution in [2.45, 2.75) is 31.3 Å². The Morgan fingerprint density at radius 3 is 2.56 bits per heavy atom. The van der Waals surface area contributed by atoms with E-state index in [1.807, 2.05) is 34.1 Å². The van der Waals surface area contributed by atoms with E-state index in [-0.39, 0.29) is 17.4 Å². The van der Waals surface area contributed by atoms with Crippen LogP contribution in [-0.2, 0) is 11.3 Å². The lowest BCUT2D eigenvalue weighted by Crippen LogP contribution is -2.65. The van der Waals surface area contributed by atoms with Crippen LogP contribution >= 0.6 is 0 Å². The van der Waals surface area contributed by atoms with Gasteiger partial charge in [-0.05, 0) is 51.7 Å². The van der Waals surface area contributed by atoms with Gasteiger partial charge in [0.05, 0.1) is 0 Å². The fourth-order valence-corrected chi connectivity index (χ4v) is 4.73. The van der Waals surface area contributed by atoms with Gasteiger partial charge in [0.2, 0.25) is 5.91 Å². The average Bonchev–Trinajstić information content (AvgIpc) is 3.00. The molecule has 0 unspecified atom stereocenters. The monoisotopic (exact) mass is 370 g/mol. The van der Waals surface area contributed by atoms with Crippen LogP contribution in [0, 0.1) is 0 Å². The zero-order valence-electron chi connectivity index (χ0n) is 16.5. The zero-order chi connectivity index (χ0) is 19.0. The van der Waals surface area contributed by atoms with Gasteiger partial charge in [0, 0.05) is 50.2 Å². The minimum absolute atomic E-state index is 0.0589.